The highest BCUT2D eigenvalue weighted by Crippen LogP contribution is 2.14. The molecule has 16 heavy (non-hydrogen) atoms. The van der Waals surface area contributed by atoms with Crippen molar-refractivity contribution in [2.75, 3.05) is 19.6 Å². The van der Waals surface area contributed by atoms with Crippen molar-refractivity contribution in [3.05, 3.63) is 34.9 Å². The molecule has 0 spiro atoms. The van der Waals surface area contributed by atoms with E-state index in [1.54, 1.807) is 31.4 Å². The molecule has 0 aliphatic rings. The minimum atomic E-state index is -0.242. The van der Waals surface area contributed by atoms with E-state index in [2.05, 4.69) is 5.32 Å². The number of hydrogen-bond donors (Lipinski definition) is 1. The van der Waals surface area contributed by atoms with E-state index < -0.39 is 0 Å². The van der Waals surface area contributed by atoms with Crippen LogP contribution in [0.2, 0.25) is 5.02 Å². The van der Waals surface area contributed by atoms with Crippen LogP contribution in [0.3, 0.4) is 0 Å². The molecule has 3 nitrogen and oxygen atoms in total. The molecule has 0 bridgehead atoms. The van der Waals surface area contributed by atoms with E-state index in [4.69, 9.17) is 27.9 Å². The minimum Gasteiger partial charge on any atom is -0.383 e. The van der Waals surface area contributed by atoms with Crippen LogP contribution in [0.15, 0.2) is 24.3 Å². The molecule has 0 aromatic heterocycles. The second-order valence-corrected chi connectivity index (χ2v) is 3.98. The Morgan fingerprint density at radius 2 is 2.19 bits per heavy atom. The number of alkyl halides is 1. The maximum atomic E-state index is 11.8. The summed E-state index contributed by atoms with van der Waals surface area (Å²) < 4.78 is 4.93. The molecule has 0 aliphatic heterocycles. The summed E-state index contributed by atoms with van der Waals surface area (Å²) in [5.74, 6) is 0.0534. The number of carbonyl (C=O) groups is 1. The molecule has 88 valence electrons. The van der Waals surface area contributed by atoms with Crippen LogP contribution in [0.4, 0.5) is 0 Å². The average molecular weight is 262 g/mol. The fourth-order valence-corrected chi connectivity index (χ4v) is 1.62. The van der Waals surface area contributed by atoms with Crippen molar-refractivity contribution >= 4 is 29.1 Å². The lowest BCUT2D eigenvalue weighted by Gasteiger charge is -2.15. The van der Waals surface area contributed by atoms with Gasteiger partial charge in [0.2, 0.25) is 0 Å². The third-order valence-corrected chi connectivity index (χ3v) is 2.71. The molecule has 1 amide bonds. The topological polar surface area (TPSA) is 38.3 Å². The molecule has 1 unspecified atom stereocenters. The van der Waals surface area contributed by atoms with Crippen LogP contribution in [-0.4, -0.2) is 31.5 Å². The number of ether oxygens (including phenoxy) is 1. The Hall–Kier alpha value is -0.770. The predicted molar refractivity (Wildman–Crippen MR) is 65.3 cm³/mol. The number of halogens is 2. The lowest BCUT2D eigenvalue weighted by Crippen LogP contribution is -2.39. The van der Waals surface area contributed by atoms with Crippen molar-refractivity contribution in [1.82, 2.24) is 5.32 Å². The fourth-order valence-electron chi connectivity index (χ4n) is 1.23. The van der Waals surface area contributed by atoms with Crippen molar-refractivity contribution in [1.29, 1.82) is 0 Å². The molecule has 0 fully saturated rings. The molecule has 1 atom stereocenters. The van der Waals surface area contributed by atoms with Crippen LogP contribution >= 0.6 is 23.2 Å². The Balaban J connectivity index is 2.68. The molecule has 0 radical (unpaired) electrons. The standard InChI is InChI=1S/C11H13Cl2NO2/c1-16-7-8(6-12)14-11(15)9-4-2-3-5-10(9)13/h2-5,8H,6-7H2,1H3,(H,14,15). The van der Waals surface area contributed by atoms with Gasteiger partial charge in [0.25, 0.3) is 5.91 Å². The first-order valence-electron chi connectivity index (χ1n) is 4.79. The van der Waals surface area contributed by atoms with Gasteiger partial charge in [0.05, 0.1) is 23.2 Å². The van der Waals surface area contributed by atoms with Crippen LogP contribution in [0.5, 0.6) is 0 Å². The van der Waals surface area contributed by atoms with Crippen molar-refractivity contribution in [3.8, 4) is 0 Å². The normalized spacial score (nSPS) is 12.2. The monoisotopic (exact) mass is 261 g/mol. The van der Waals surface area contributed by atoms with Gasteiger partial charge in [-0.05, 0) is 12.1 Å². The Kier molecular flexibility index (Phi) is 5.60. The van der Waals surface area contributed by atoms with Gasteiger partial charge in [0, 0.05) is 13.0 Å². The number of methoxy groups -OCH3 is 1. The van der Waals surface area contributed by atoms with Crippen LogP contribution in [0, 0.1) is 0 Å². The van der Waals surface area contributed by atoms with E-state index in [9.17, 15) is 4.79 Å². The number of rotatable bonds is 5. The second-order valence-electron chi connectivity index (χ2n) is 3.26. The summed E-state index contributed by atoms with van der Waals surface area (Å²) in [6, 6.07) is 6.65. The maximum Gasteiger partial charge on any atom is 0.253 e. The average Bonchev–Trinajstić information content (AvgIpc) is 2.28. The summed E-state index contributed by atoms with van der Waals surface area (Å²) in [6.07, 6.45) is 0. The van der Waals surface area contributed by atoms with Gasteiger partial charge in [-0.15, -0.1) is 11.6 Å². The zero-order valence-electron chi connectivity index (χ0n) is 8.87. The predicted octanol–water partition coefficient (Wildman–Crippen LogP) is 2.32. The highest BCUT2D eigenvalue weighted by Gasteiger charge is 2.14. The van der Waals surface area contributed by atoms with Gasteiger partial charge in [-0.25, -0.2) is 0 Å². The molecular formula is C11H13Cl2NO2. The van der Waals surface area contributed by atoms with Gasteiger partial charge in [-0.1, -0.05) is 23.7 Å². The molecule has 0 saturated carbocycles. The summed E-state index contributed by atoms with van der Waals surface area (Å²) in [7, 11) is 1.56. The Labute approximate surface area is 105 Å². The van der Waals surface area contributed by atoms with Crippen molar-refractivity contribution in [2.45, 2.75) is 6.04 Å². The van der Waals surface area contributed by atoms with Crippen molar-refractivity contribution < 1.29 is 9.53 Å². The van der Waals surface area contributed by atoms with Crippen LogP contribution < -0.4 is 5.32 Å². The van der Waals surface area contributed by atoms with Crippen LogP contribution in [0.25, 0.3) is 0 Å². The van der Waals surface area contributed by atoms with E-state index in [0.717, 1.165) is 0 Å². The number of amides is 1. The van der Waals surface area contributed by atoms with Gasteiger partial charge in [-0.2, -0.15) is 0 Å². The Morgan fingerprint density at radius 1 is 1.50 bits per heavy atom. The van der Waals surface area contributed by atoms with E-state index >= 15 is 0 Å². The minimum absolute atomic E-state index is 0.213. The van der Waals surface area contributed by atoms with Gasteiger partial charge in [-0.3, -0.25) is 4.79 Å². The molecule has 5 heteroatoms. The van der Waals surface area contributed by atoms with E-state index in [-0.39, 0.29) is 11.9 Å². The third-order valence-electron chi connectivity index (χ3n) is 2.01. The van der Waals surface area contributed by atoms with Gasteiger partial charge in [0.15, 0.2) is 0 Å². The smallest absolute Gasteiger partial charge is 0.253 e. The summed E-state index contributed by atoms with van der Waals surface area (Å²) in [5, 5.41) is 3.17. The SMILES string of the molecule is COCC(CCl)NC(=O)c1ccccc1Cl. The zero-order valence-corrected chi connectivity index (χ0v) is 10.4. The lowest BCUT2D eigenvalue weighted by molar-refractivity contribution is 0.0907. The maximum absolute atomic E-state index is 11.8. The number of benzene rings is 1. The van der Waals surface area contributed by atoms with Gasteiger partial charge < -0.3 is 10.1 Å². The van der Waals surface area contributed by atoms with Crippen LogP contribution in [-0.2, 0) is 4.74 Å². The van der Waals surface area contributed by atoms with Crippen molar-refractivity contribution in [2.24, 2.45) is 0 Å². The number of carbonyl (C=O) groups excluding carboxylic acids is 1. The third kappa shape index (κ3) is 3.67. The first kappa shape index (κ1) is 13.3. The molecule has 1 aromatic carbocycles. The van der Waals surface area contributed by atoms with Gasteiger partial charge >= 0.3 is 0 Å². The first-order valence-corrected chi connectivity index (χ1v) is 5.70. The molecule has 1 rings (SSSR count). The quantitative estimate of drug-likeness (QED) is 0.827. The molecular weight excluding hydrogens is 249 g/mol. The Morgan fingerprint density at radius 3 is 2.75 bits per heavy atom. The summed E-state index contributed by atoms with van der Waals surface area (Å²) in [6.45, 7) is 0.375. The van der Waals surface area contributed by atoms with E-state index in [1.807, 2.05) is 0 Å². The fraction of sp³-hybridized carbons (Fsp3) is 0.364. The first-order chi connectivity index (χ1) is 7.69. The van der Waals surface area contributed by atoms with Crippen LogP contribution in [0.1, 0.15) is 10.4 Å². The molecule has 0 heterocycles. The molecule has 1 aromatic rings. The zero-order chi connectivity index (χ0) is 12.0. The number of hydrogen-bond acceptors (Lipinski definition) is 2. The Bertz CT molecular complexity index is 358. The highest BCUT2D eigenvalue weighted by atomic mass is 35.5. The molecule has 1 N–H and O–H groups in total. The van der Waals surface area contributed by atoms with E-state index in [0.29, 0.717) is 23.1 Å². The van der Waals surface area contributed by atoms with E-state index in [1.165, 1.54) is 0 Å². The largest absolute Gasteiger partial charge is 0.383 e. The highest BCUT2D eigenvalue weighted by molar-refractivity contribution is 6.33. The summed E-state index contributed by atoms with van der Waals surface area (Å²) in [5.41, 5.74) is 0.440. The lowest BCUT2D eigenvalue weighted by atomic mass is 10.2. The molecule has 0 aliphatic carbocycles. The summed E-state index contributed by atoms with van der Waals surface area (Å²) in [4.78, 5) is 11.8. The summed E-state index contributed by atoms with van der Waals surface area (Å²) >= 11 is 11.6. The van der Waals surface area contributed by atoms with Gasteiger partial charge in [0.1, 0.15) is 0 Å². The van der Waals surface area contributed by atoms with Crippen molar-refractivity contribution in [3.63, 3.8) is 0 Å². The molecule has 0 saturated heterocycles. The number of nitrogens with one attached hydrogen (secondary N) is 1. The second kappa shape index (κ2) is 6.74.